The average molecular weight is 401 g/mol. The number of ether oxygens (including phenoxy) is 2. The minimum absolute atomic E-state index is 0.0596. The second kappa shape index (κ2) is 9.43. The first-order chi connectivity index (χ1) is 13.4. The summed E-state index contributed by atoms with van der Waals surface area (Å²) in [6, 6.07) is 14.1. The molecule has 2 N–H and O–H groups in total. The maximum Gasteiger partial charge on any atom is 0.350 e. The van der Waals surface area contributed by atoms with Gasteiger partial charge in [-0.1, -0.05) is 0 Å². The number of benzene rings is 2. The lowest BCUT2D eigenvalue weighted by molar-refractivity contribution is -0.135. The van der Waals surface area contributed by atoms with Crippen molar-refractivity contribution in [3.63, 3.8) is 0 Å². The van der Waals surface area contributed by atoms with E-state index in [4.69, 9.17) is 10.00 Å². The fourth-order valence-corrected chi connectivity index (χ4v) is 3.19. The number of esters is 1. The zero-order valence-electron chi connectivity index (χ0n) is 15.3. The fourth-order valence-electron chi connectivity index (χ4n) is 2.13. The summed E-state index contributed by atoms with van der Waals surface area (Å²) >= 11 is 0. The van der Waals surface area contributed by atoms with Gasteiger partial charge in [0.15, 0.2) is 5.57 Å². The molecule has 0 saturated carbocycles. The van der Waals surface area contributed by atoms with Gasteiger partial charge in [-0.05, 0) is 55.5 Å². The third kappa shape index (κ3) is 5.49. The van der Waals surface area contributed by atoms with Crippen LogP contribution in [0.4, 0.5) is 11.4 Å². The Kier molecular flexibility index (Phi) is 7.01. The van der Waals surface area contributed by atoms with Gasteiger partial charge in [0.2, 0.25) is 0 Å². The Hall–Kier alpha value is -3.51. The molecule has 0 aromatic heterocycles. The molecule has 0 spiro atoms. The minimum Gasteiger partial charge on any atom is -0.494 e. The molecule has 146 valence electrons. The second-order valence-corrected chi connectivity index (χ2v) is 7.08. The summed E-state index contributed by atoms with van der Waals surface area (Å²) in [7, 11) is -2.60. The van der Waals surface area contributed by atoms with E-state index in [1.165, 1.54) is 37.6 Å². The van der Waals surface area contributed by atoms with E-state index in [9.17, 15) is 13.2 Å². The van der Waals surface area contributed by atoms with E-state index in [0.29, 0.717) is 23.7 Å². The van der Waals surface area contributed by atoms with Crippen molar-refractivity contribution in [3.05, 3.63) is 60.3 Å². The van der Waals surface area contributed by atoms with Crippen molar-refractivity contribution in [2.75, 3.05) is 23.8 Å². The summed E-state index contributed by atoms with van der Waals surface area (Å²) in [5.74, 6) is -0.119. The molecule has 2 aromatic carbocycles. The van der Waals surface area contributed by atoms with Crippen LogP contribution in [0.2, 0.25) is 0 Å². The lowest BCUT2D eigenvalue weighted by Gasteiger charge is -2.10. The largest absolute Gasteiger partial charge is 0.494 e. The van der Waals surface area contributed by atoms with Crippen molar-refractivity contribution in [1.82, 2.24) is 0 Å². The van der Waals surface area contributed by atoms with Crippen molar-refractivity contribution in [2.24, 2.45) is 0 Å². The molecule has 8 nitrogen and oxygen atoms in total. The molecule has 0 fully saturated rings. The molecule has 2 aromatic rings. The highest BCUT2D eigenvalue weighted by Gasteiger charge is 2.14. The maximum atomic E-state index is 12.5. The summed E-state index contributed by atoms with van der Waals surface area (Å²) in [5, 5.41) is 11.6. The smallest absolute Gasteiger partial charge is 0.350 e. The van der Waals surface area contributed by atoms with Gasteiger partial charge in [0.1, 0.15) is 11.8 Å². The highest BCUT2D eigenvalue weighted by atomic mass is 32.2. The van der Waals surface area contributed by atoms with E-state index in [1.54, 1.807) is 30.3 Å². The number of carbonyl (C=O) groups excluding carboxylic acids is 1. The van der Waals surface area contributed by atoms with Crippen LogP contribution in [-0.2, 0) is 19.6 Å². The second-order valence-electron chi connectivity index (χ2n) is 5.39. The molecule has 2 rings (SSSR count). The van der Waals surface area contributed by atoms with Crippen LogP contribution in [0.3, 0.4) is 0 Å². The van der Waals surface area contributed by atoms with Crippen molar-refractivity contribution < 1.29 is 22.7 Å². The van der Waals surface area contributed by atoms with E-state index < -0.39 is 16.0 Å². The first-order valence-corrected chi connectivity index (χ1v) is 9.68. The predicted molar refractivity (Wildman–Crippen MR) is 104 cm³/mol. The van der Waals surface area contributed by atoms with E-state index in [-0.39, 0.29) is 10.5 Å². The third-order valence-corrected chi connectivity index (χ3v) is 4.89. The zero-order chi connectivity index (χ0) is 20.6. The molecular formula is C19H19N3O5S. The van der Waals surface area contributed by atoms with Crippen LogP contribution in [0, 0.1) is 11.3 Å². The normalized spacial score (nSPS) is 11.2. The Bertz CT molecular complexity index is 991. The van der Waals surface area contributed by atoms with Crippen LogP contribution < -0.4 is 14.8 Å². The number of sulfonamides is 1. The van der Waals surface area contributed by atoms with Gasteiger partial charge < -0.3 is 14.8 Å². The summed E-state index contributed by atoms with van der Waals surface area (Å²) in [4.78, 5) is 11.4. The van der Waals surface area contributed by atoms with Crippen LogP contribution in [0.5, 0.6) is 5.75 Å². The summed E-state index contributed by atoms with van der Waals surface area (Å²) in [6.07, 6.45) is 1.19. The molecule has 0 aliphatic rings. The van der Waals surface area contributed by atoms with Gasteiger partial charge in [0.05, 0.1) is 18.6 Å². The Morgan fingerprint density at radius 2 is 1.71 bits per heavy atom. The van der Waals surface area contributed by atoms with Gasteiger partial charge in [-0.25, -0.2) is 13.2 Å². The third-order valence-electron chi connectivity index (χ3n) is 3.49. The number of rotatable bonds is 8. The molecule has 0 amide bonds. The van der Waals surface area contributed by atoms with Crippen LogP contribution in [-0.4, -0.2) is 28.1 Å². The number of anilines is 2. The molecule has 0 heterocycles. The monoisotopic (exact) mass is 401 g/mol. The Balaban J connectivity index is 2.10. The van der Waals surface area contributed by atoms with Gasteiger partial charge in [-0.2, -0.15) is 5.26 Å². The molecule has 0 aliphatic heterocycles. The van der Waals surface area contributed by atoms with Crippen LogP contribution >= 0.6 is 0 Å². The van der Waals surface area contributed by atoms with Gasteiger partial charge in [-0.15, -0.1) is 0 Å². The average Bonchev–Trinajstić information content (AvgIpc) is 2.70. The molecule has 0 radical (unpaired) electrons. The van der Waals surface area contributed by atoms with Gasteiger partial charge >= 0.3 is 5.97 Å². The van der Waals surface area contributed by atoms with Crippen LogP contribution in [0.1, 0.15) is 6.92 Å². The van der Waals surface area contributed by atoms with Crippen molar-refractivity contribution in [3.8, 4) is 11.8 Å². The molecule has 0 unspecified atom stereocenters. The van der Waals surface area contributed by atoms with Crippen molar-refractivity contribution >= 4 is 27.4 Å². The Morgan fingerprint density at radius 3 is 2.25 bits per heavy atom. The van der Waals surface area contributed by atoms with E-state index in [2.05, 4.69) is 14.8 Å². The Morgan fingerprint density at radius 1 is 1.11 bits per heavy atom. The van der Waals surface area contributed by atoms with Crippen molar-refractivity contribution in [2.45, 2.75) is 11.8 Å². The lowest BCUT2D eigenvalue weighted by atomic mass is 10.3. The number of hydrogen-bond acceptors (Lipinski definition) is 7. The quantitative estimate of drug-likeness (QED) is 0.397. The highest BCUT2D eigenvalue weighted by molar-refractivity contribution is 7.92. The molecule has 0 saturated heterocycles. The molecule has 9 heteroatoms. The SMILES string of the molecule is CCOc1ccc(NS(=O)(=O)c2ccc(N/C=C(/C#N)C(=O)OC)cc2)cc1. The summed E-state index contributed by atoms with van der Waals surface area (Å²) in [6.45, 7) is 2.39. The van der Waals surface area contributed by atoms with E-state index >= 15 is 0 Å². The first-order valence-electron chi connectivity index (χ1n) is 8.20. The number of nitrogens with zero attached hydrogens (tertiary/aromatic N) is 1. The molecule has 0 bridgehead atoms. The molecule has 28 heavy (non-hydrogen) atoms. The van der Waals surface area contributed by atoms with E-state index in [0.717, 1.165) is 0 Å². The van der Waals surface area contributed by atoms with Gasteiger partial charge in [0, 0.05) is 17.6 Å². The minimum atomic E-state index is -3.77. The number of carbonyl (C=O) groups is 1. The summed E-state index contributed by atoms with van der Waals surface area (Å²) in [5.41, 5.74) is 0.693. The zero-order valence-corrected chi connectivity index (χ0v) is 16.1. The first kappa shape index (κ1) is 20.8. The molecular weight excluding hydrogens is 382 g/mol. The van der Waals surface area contributed by atoms with Crippen LogP contribution in [0.25, 0.3) is 0 Å². The topological polar surface area (TPSA) is 118 Å². The van der Waals surface area contributed by atoms with Gasteiger partial charge in [-0.3, -0.25) is 4.72 Å². The number of nitriles is 1. The number of nitrogens with one attached hydrogen (secondary N) is 2. The van der Waals surface area contributed by atoms with E-state index in [1.807, 2.05) is 6.92 Å². The molecule has 0 aliphatic carbocycles. The predicted octanol–water partition coefficient (Wildman–Crippen LogP) is 2.88. The lowest BCUT2D eigenvalue weighted by Crippen LogP contribution is -2.12. The highest BCUT2D eigenvalue weighted by Crippen LogP contribution is 2.21. The summed E-state index contributed by atoms with van der Waals surface area (Å²) < 4.78 is 37.2. The molecule has 0 atom stereocenters. The van der Waals surface area contributed by atoms with Crippen molar-refractivity contribution in [1.29, 1.82) is 5.26 Å². The van der Waals surface area contributed by atoms with Gasteiger partial charge in [0.25, 0.3) is 10.0 Å². The number of hydrogen-bond donors (Lipinski definition) is 2. The standard InChI is InChI=1S/C19H19N3O5S/c1-3-27-17-8-4-16(5-9-17)22-28(24,25)18-10-6-15(7-11-18)21-13-14(12-20)19(23)26-2/h4-11,13,21-22H,3H2,1-2H3/b14-13-. The Labute approximate surface area is 163 Å². The number of methoxy groups -OCH3 is 1. The maximum absolute atomic E-state index is 12.5. The fraction of sp³-hybridized carbons (Fsp3) is 0.158. The van der Waals surface area contributed by atoms with Crippen LogP contribution in [0.15, 0.2) is 65.2 Å².